The van der Waals surface area contributed by atoms with Gasteiger partial charge in [0.1, 0.15) is 5.75 Å². The summed E-state index contributed by atoms with van der Waals surface area (Å²) >= 11 is 0. The van der Waals surface area contributed by atoms with Crippen LogP contribution in [0.1, 0.15) is 39.5 Å². The van der Waals surface area contributed by atoms with Crippen molar-refractivity contribution in [2.24, 2.45) is 5.92 Å². The quantitative estimate of drug-likeness (QED) is 0.161. The molecule has 33 heavy (non-hydrogen) atoms. The highest BCUT2D eigenvalue weighted by molar-refractivity contribution is 6.89. The van der Waals surface area contributed by atoms with Crippen LogP contribution in [0.4, 0.5) is 0 Å². The molecular weight excluding hydrogens is 428 g/mol. The van der Waals surface area contributed by atoms with Gasteiger partial charge in [0.25, 0.3) is 0 Å². The number of unbranched alkanes of at least 4 members (excludes halogenated alkanes) is 1. The third kappa shape index (κ3) is 8.82. The first-order valence-corrected chi connectivity index (χ1v) is 15.2. The van der Waals surface area contributed by atoms with Crippen LogP contribution in [0, 0.1) is 5.92 Å². The second kappa shape index (κ2) is 13.4. The maximum Gasteiger partial charge on any atom is 0.333 e. The first-order chi connectivity index (χ1) is 15.8. The molecule has 0 aliphatic rings. The van der Waals surface area contributed by atoms with Crippen LogP contribution in [0.2, 0.25) is 19.1 Å². The molecule has 0 heterocycles. The Morgan fingerprint density at radius 2 is 1.64 bits per heavy atom. The fourth-order valence-electron chi connectivity index (χ4n) is 3.73. The highest BCUT2D eigenvalue weighted by atomic mass is 28.3. The molecule has 180 valence electrons. The van der Waals surface area contributed by atoms with Crippen LogP contribution < -0.4 is 9.92 Å². The summed E-state index contributed by atoms with van der Waals surface area (Å²) in [5.41, 5.74) is 2.77. The number of aliphatic hydroxyl groups excluding tert-OH is 1. The van der Waals surface area contributed by atoms with Gasteiger partial charge in [-0.05, 0) is 43.0 Å². The molecule has 2 rings (SSSR count). The Labute approximate surface area is 200 Å². The summed E-state index contributed by atoms with van der Waals surface area (Å²) in [6.45, 7) is 13.1. The van der Waals surface area contributed by atoms with Crippen molar-refractivity contribution in [3.8, 4) is 16.9 Å². The van der Waals surface area contributed by atoms with Crippen LogP contribution in [-0.4, -0.2) is 39.0 Å². The Morgan fingerprint density at radius 1 is 1.03 bits per heavy atom. The second-order valence-electron chi connectivity index (χ2n) is 9.51. The van der Waals surface area contributed by atoms with Gasteiger partial charge in [-0.3, -0.25) is 0 Å². The number of hydrogen-bond donors (Lipinski definition) is 1. The van der Waals surface area contributed by atoms with Gasteiger partial charge in [-0.25, -0.2) is 4.79 Å². The number of benzene rings is 2. The van der Waals surface area contributed by atoms with Crippen molar-refractivity contribution in [3.63, 3.8) is 0 Å². The van der Waals surface area contributed by atoms with E-state index >= 15 is 0 Å². The topological polar surface area (TPSA) is 55.8 Å². The van der Waals surface area contributed by atoms with E-state index in [-0.39, 0.29) is 19.1 Å². The number of carbonyl (C=O) groups excluding carboxylic acids is 1. The zero-order valence-electron chi connectivity index (χ0n) is 20.7. The molecule has 0 saturated carbocycles. The van der Waals surface area contributed by atoms with E-state index < -0.39 is 14.0 Å². The van der Waals surface area contributed by atoms with Crippen LogP contribution in [-0.2, 0) is 9.53 Å². The fourth-order valence-corrected chi connectivity index (χ4v) is 6.32. The zero-order valence-corrected chi connectivity index (χ0v) is 21.7. The molecule has 0 aliphatic heterocycles. The van der Waals surface area contributed by atoms with Gasteiger partial charge in [0.15, 0.2) is 0 Å². The van der Waals surface area contributed by atoms with Crippen molar-refractivity contribution in [2.75, 3.05) is 19.8 Å². The van der Waals surface area contributed by atoms with E-state index in [9.17, 15) is 9.90 Å². The molecule has 0 spiro atoms. The monoisotopic (exact) mass is 468 g/mol. The van der Waals surface area contributed by atoms with Gasteiger partial charge in [0, 0.05) is 18.1 Å². The summed E-state index contributed by atoms with van der Waals surface area (Å²) in [7, 11) is -1.34. The van der Waals surface area contributed by atoms with E-state index in [1.165, 1.54) is 35.2 Å². The number of rotatable bonds is 14. The minimum absolute atomic E-state index is 0.0186. The molecule has 1 N–H and O–H groups in total. The molecule has 0 radical (unpaired) electrons. The lowest BCUT2D eigenvalue weighted by Crippen LogP contribution is -2.40. The van der Waals surface area contributed by atoms with Gasteiger partial charge in [-0.15, -0.1) is 0 Å². The number of aliphatic hydroxyl groups is 1. The normalized spacial score (nSPS) is 12.3. The Morgan fingerprint density at radius 3 is 2.18 bits per heavy atom. The van der Waals surface area contributed by atoms with Crippen molar-refractivity contribution in [2.45, 2.75) is 58.7 Å². The molecule has 0 amide bonds. The Bertz CT molecular complexity index is 872. The van der Waals surface area contributed by atoms with Gasteiger partial charge in [-0.1, -0.05) is 87.1 Å². The maximum absolute atomic E-state index is 11.5. The van der Waals surface area contributed by atoms with Crippen molar-refractivity contribution in [3.05, 3.63) is 60.7 Å². The van der Waals surface area contributed by atoms with Crippen LogP contribution in [0.5, 0.6) is 5.75 Å². The van der Waals surface area contributed by atoms with Crippen molar-refractivity contribution >= 4 is 19.2 Å². The number of ether oxygens (including phenoxy) is 2. The molecule has 1 unspecified atom stereocenters. The van der Waals surface area contributed by atoms with Crippen LogP contribution in [0.15, 0.2) is 60.7 Å². The van der Waals surface area contributed by atoms with Gasteiger partial charge in [0.2, 0.25) is 0 Å². The highest BCUT2D eigenvalue weighted by Gasteiger charge is 2.22. The third-order valence-corrected chi connectivity index (χ3v) is 9.59. The predicted octanol–water partition coefficient (Wildman–Crippen LogP) is 5.96. The molecule has 1 atom stereocenters. The van der Waals surface area contributed by atoms with E-state index in [2.05, 4.69) is 63.0 Å². The fraction of sp³-hybridized carbons (Fsp3) is 0.464. The largest absolute Gasteiger partial charge is 0.494 e. The van der Waals surface area contributed by atoms with Gasteiger partial charge in [-0.2, -0.15) is 0 Å². The number of esters is 1. The summed E-state index contributed by atoms with van der Waals surface area (Å²) in [4.78, 5) is 11.5. The minimum atomic E-state index is -1.34. The molecule has 2 aromatic carbocycles. The lowest BCUT2D eigenvalue weighted by atomic mass is 10.1. The molecule has 2 aromatic rings. The predicted molar refractivity (Wildman–Crippen MR) is 140 cm³/mol. The third-order valence-electron chi connectivity index (χ3n) is 6.09. The molecule has 0 fully saturated rings. The van der Waals surface area contributed by atoms with Crippen molar-refractivity contribution < 1.29 is 19.4 Å². The summed E-state index contributed by atoms with van der Waals surface area (Å²) in [5, 5.41) is 11.0. The van der Waals surface area contributed by atoms with E-state index in [1.807, 2.05) is 12.1 Å². The highest BCUT2D eigenvalue weighted by Crippen LogP contribution is 2.23. The molecule has 5 heteroatoms. The maximum atomic E-state index is 11.5. The number of hydrogen-bond acceptors (Lipinski definition) is 4. The van der Waals surface area contributed by atoms with Gasteiger partial charge in [0.05, 0.1) is 21.3 Å². The molecule has 4 nitrogen and oxygen atoms in total. The Kier molecular flexibility index (Phi) is 10.9. The first kappa shape index (κ1) is 26.9. The smallest absolute Gasteiger partial charge is 0.333 e. The Hall–Kier alpha value is -2.37. The standard InChI is InChI=1S/C28H40O4Si/c1-6-7-19-33(4,5)27-16-12-25(13-17-27)24-10-14-26(15-11-24)31-18-8-9-23(20-29)21-32-28(30)22(2)3/h10-17,23,29H,2,6-9,18-21H2,1,3-5H3. The van der Waals surface area contributed by atoms with Crippen molar-refractivity contribution in [1.82, 2.24) is 0 Å². The van der Waals surface area contributed by atoms with E-state index in [4.69, 9.17) is 9.47 Å². The zero-order chi connectivity index (χ0) is 24.3. The minimum Gasteiger partial charge on any atom is -0.494 e. The summed E-state index contributed by atoms with van der Waals surface area (Å²) < 4.78 is 11.0. The molecule has 0 aromatic heterocycles. The lowest BCUT2D eigenvalue weighted by Gasteiger charge is -2.23. The van der Waals surface area contributed by atoms with Crippen LogP contribution >= 0.6 is 0 Å². The van der Waals surface area contributed by atoms with Gasteiger partial charge >= 0.3 is 5.97 Å². The summed E-state index contributed by atoms with van der Waals surface area (Å²) in [6, 6.07) is 18.6. The second-order valence-corrected chi connectivity index (χ2v) is 14.4. The molecule has 0 saturated heterocycles. The average Bonchev–Trinajstić information content (AvgIpc) is 2.82. The van der Waals surface area contributed by atoms with Gasteiger partial charge < -0.3 is 14.6 Å². The lowest BCUT2D eigenvalue weighted by molar-refractivity contribution is -0.140. The van der Waals surface area contributed by atoms with E-state index in [1.54, 1.807) is 6.92 Å². The molecule has 0 bridgehead atoms. The Balaban J connectivity index is 1.82. The average molecular weight is 469 g/mol. The first-order valence-electron chi connectivity index (χ1n) is 12.0. The summed E-state index contributed by atoms with van der Waals surface area (Å²) in [6.07, 6.45) is 4.07. The van der Waals surface area contributed by atoms with Crippen molar-refractivity contribution in [1.29, 1.82) is 0 Å². The van der Waals surface area contributed by atoms with Crippen LogP contribution in [0.25, 0.3) is 11.1 Å². The van der Waals surface area contributed by atoms with E-state index in [0.29, 0.717) is 12.2 Å². The summed E-state index contributed by atoms with van der Waals surface area (Å²) in [5.74, 6) is 0.330. The number of carbonyl (C=O) groups is 1. The van der Waals surface area contributed by atoms with Crippen LogP contribution in [0.3, 0.4) is 0 Å². The SMILES string of the molecule is C=C(C)C(=O)OCC(CO)CCCOc1ccc(-c2ccc([Si](C)(C)CCCC)cc2)cc1. The molecular formula is C28H40O4Si. The van der Waals surface area contributed by atoms with E-state index in [0.717, 1.165) is 18.6 Å². The molecule has 0 aliphatic carbocycles.